The molecule has 0 aliphatic heterocycles. The van der Waals surface area contributed by atoms with Crippen molar-refractivity contribution in [3.63, 3.8) is 0 Å². The van der Waals surface area contributed by atoms with Gasteiger partial charge in [-0.25, -0.2) is 0 Å². The molecule has 0 radical (unpaired) electrons. The summed E-state index contributed by atoms with van der Waals surface area (Å²) >= 11 is 0. The molecule has 2 rings (SSSR count). The lowest BCUT2D eigenvalue weighted by molar-refractivity contribution is 0.951. The van der Waals surface area contributed by atoms with Crippen LogP contribution < -0.4 is 0 Å². The Bertz CT molecular complexity index is 373. The largest absolute Gasteiger partial charge is 0.0988 e. The van der Waals surface area contributed by atoms with Crippen molar-refractivity contribution in [2.24, 2.45) is 0 Å². The van der Waals surface area contributed by atoms with Crippen molar-refractivity contribution in [1.82, 2.24) is 0 Å². The van der Waals surface area contributed by atoms with Crippen LogP contribution in [0.5, 0.6) is 0 Å². The summed E-state index contributed by atoms with van der Waals surface area (Å²) in [5, 5.41) is 0. The zero-order valence-electron chi connectivity index (χ0n) is 8.72. The fourth-order valence-electron chi connectivity index (χ4n) is 2.14. The van der Waals surface area contributed by atoms with Crippen LogP contribution in [0.3, 0.4) is 0 Å². The van der Waals surface area contributed by atoms with Gasteiger partial charge in [0, 0.05) is 0 Å². The molecule has 2 aliphatic carbocycles. The van der Waals surface area contributed by atoms with Crippen LogP contribution in [0.1, 0.15) is 26.2 Å². The zero-order chi connectivity index (χ0) is 9.97. The molecule has 0 atom stereocenters. The highest BCUT2D eigenvalue weighted by molar-refractivity contribution is 5.52. The first-order chi connectivity index (χ1) is 6.83. The van der Waals surface area contributed by atoms with Gasteiger partial charge in [0.2, 0.25) is 0 Å². The van der Waals surface area contributed by atoms with Crippen molar-refractivity contribution in [3.05, 3.63) is 59.3 Å². The first-order valence-electron chi connectivity index (χ1n) is 5.21. The van der Waals surface area contributed by atoms with Gasteiger partial charge in [-0.3, -0.25) is 0 Å². The number of hydrogen-bond donors (Lipinski definition) is 0. The summed E-state index contributed by atoms with van der Waals surface area (Å²) in [5.74, 6) is 0. The van der Waals surface area contributed by atoms with Crippen LogP contribution in [0, 0.1) is 0 Å². The summed E-state index contributed by atoms with van der Waals surface area (Å²) in [7, 11) is 0. The minimum atomic E-state index is 1.02. The molecule has 0 bridgehead atoms. The smallest absolute Gasteiger partial charge is 0.00916 e. The van der Waals surface area contributed by atoms with E-state index in [1.54, 1.807) is 0 Å². The Morgan fingerprint density at radius 1 is 1.29 bits per heavy atom. The molecule has 0 N–H and O–H groups in total. The summed E-state index contributed by atoms with van der Waals surface area (Å²) in [6.45, 7) is 6.10. The zero-order valence-corrected chi connectivity index (χ0v) is 8.72. The van der Waals surface area contributed by atoms with E-state index < -0.39 is 0 Å². The summed E-state index contributed by atoms with van der Waals surface area (Å²) in [6, 6.07) is 0. The quantitative estimate of drug-likeness (QED) is 0.575. The van der Waals surface area contributed by atoms with Gasteiger partial charge in [-0.15, -0.1) is 0 Å². The third-order valence-corrected chi connectivity index (χ3v) is 3.02. The molecule has 0 unspecified atom stereocenters. The van der Waals surface area contributed by atoms with Crippen molar-refractivity contribution in [2.45, 2.75) is 26.2 Å². The van der Waals surface area contributed by atoms with Gasteiger partial charge in [0.1, 0.15) is 0 Å². The number of hydrogen-bond acceptors (Lipinski definition) is 0. The summed E-state index contributed by atoms with van der Waals surface area (Å²) in [6.07, 6.45) is 14.3. The second kappa shape index (κ2) is 3.83. The molecule has 0 fully saturated rings. The summed E-state index contributed by atoms with van der Waals surface area (Å²) in [4.78, 5) is 0. The van der Waals surface area contributed by atoms with E-state index in [4.69, 9.17) is 0 Å². The van der Waals surface area contributed by atoms with E-state index in [0.29, 0.717) is 0 Å². The van der Waals surface area contributed by atoms with Crippen molar-refractivity contribution in [2.75, 3.05) is 0 Å². The van der Waals surface area contributed by atoms with Crippen LogP contribution >= 0.6 is 0 Å². The Morgan fingerprint density at radius 3 is 2.86 bits per heavy atom. The second-order valence-corrected chi connectivity index (χ2v) is 3.84. The Labute approximate surface area is 86.0 Å². The van der Waals surface area contributed by atoms with Crippen molar-refractivity contribution in [1.29, 1.82) is 0 Å². The highest BCUT2D eigenvalue weighted by atomic mass is 14.2. The standard InChI is InChI=1S/C14H16/c1-3-12-8-6-9-13-7-4-5-10-14(13)11(12)2/h3-4,6-7,9H,1,5,8,10H2,2H3. The topological polar surface area (TPSA) is 0 Å². The lowest BCUT2D eigenvalue weighted by atomic mass is 9.91. The molecule has 72 valence electrons. The lowest BCUT2D eigenvalue weighted by Gasteiger charge is -2.14. The van der Waals surface area contributed by atoms with Gasteiger partial charge in [-0.05, 0) is 48.5 Å². The van der Waals surface area contributed by atoms with E-state index in [-0.39, 0.29) is 0 Å². The third kappa shape index (κ3) is 1.52. The molecule has 0 spiro atoms. The van der Waals surface area contributed by atoms with E-state index >= 15 is 0 Å². The van der Waals surface area contributed by atoms with Crippen LogP contribution in [-0.2, 0) is 0 Å². The van der Waals surface area contributed by atoms with Crippen molar-refractivity contribution in [3.8, 4) is 0 Å². The number of rotatable bonds is 1. The predicted molar refractivity (Wildman–Crippen MR) is 62.1 cm³/mol. The minimum Gasteiger partial charge on any atom is -0.0988 e. The third-order valence-electron chi connectivity index (χ3n) is 3.02. The van der Waals surface area contributed by atoms with Crippen LogP contribution in [-0.4, -0.2) is 0 Å². The molecule has 0 heteroatoms. The summed E-state index contributed by atoms with van der Waals surface area (Å²) in [5.41, 5.74) is 5.72. The maximum atomic E-state index is 3.88. The first kappa shape index (κ1) is 9.26. The van der Waals surface area contributed by atoms with E-state index in [0.717, 1.165) is 6.42 Å². The normalized spacial score (nSPS) is 20.9. The highest BCUT2D eigenvalue weighted by Gasteiger charge is 2.12. The molecule has 0 saturated heterocycles. The van der Waals surface area contributed by atoms with Gasteiger partial charge in [0.05, 0.1) is 0 Å². The molecule has 0 saturated carbocycles. The maximum absolute atomic E-state index is 3.88. The molecule has 14 heavy (non-hydrogen) atoms. The van der Waals surface area contributed by atoms with E-state index in [1.807, 2.05) is 6.08 Å². The number of allylic oxidation sites excluding steroid dienone is 9. The molecular formula is C14H16. The van der Waals surface area contributed by atoms with Gasteiger partial charge < -0.3 is 0 Å². The Morgan fingerprint density at radius 2 is 2.07 bits per heavy atom. The van der Waals surface area contributed by atoms with Crippen LogP contribution in [0.25, 0.3) is 0 Å². The lowest BCUT2D eigenvalue weighted by Crippen LogP contribution is -1.95. The fourth-order valence-corrected chi connectivity index (χ4v) is 2.14. The Balaban J connectivity index is 2.52. The van der Waals surface area contributed by atoms with Gasteiger partial charge in [0.15, 0.2) is 0 Å². The molecule has 0 heterocycles. The molecule has 0 aromatic rings. The summed E-state index contributed by atoms with van der Waals surface area (Å²) < 4.78 is 0. The second-order valence-electron chi connectivity index (χ2n) is 3.84. The van der Waals surface area contributed by atoms with Crippen LogP contribution in [0.2, 0.25) is 0 Å². The maximum Gasteiger partial charge on any atom is -0.00916 e. The molecule has 0 aromatic carbocycles. The van der Waals surface area contributed by atoms with E-state index in [1.165, 1.54) is 35.1 Å². The molecule has 2 aliphatic rings. The van der Waals surface area contributed by atoms with Crippen molar-refractivity contribution >= 4 is 0 Å². The Hall–Kier alpha value is -1.30. The van der Waals surface area contributed by atoms with E-state index in [9.17, 15) is 0 Å². The Kier molecular flexibility index (Phi) is 2.53. The van der Waals surface area contributed by atoms with Gasteiger partial charge >= 0.3 is 0 Å². The molecule has 0 nitrogen and oxygen atoms in total. The van der Waals surface area contributed by atoms with Gasteiger partial charge in [-0.2, -0.15) is 0 Å². The van der Waals surface area contributed by atoms with Crippen LogP contribution in [0.4, 0.5) is 0 Å². The monoisotopic (exact) mass is 184 g/mol. The average molecular weight is 184 g/mol. The van der Waals surface area contributed by atoms with Crippen LogP contribution in [0.15, 0.2) is 59.3 Å². The molecule has 0 amide bonds. The fraction of sp³-hybridized carbons (Fsp3) is 0.286. The van der Waals surface area contributed by atoms with Gasteiger partial charge in [0.25, 0.3) is 0 Å². The first-order valence-corrected chi connectivity index (χ1v) is 5.21. The minimum absolute atomic E-state index is 1.02. The molecule has 0 aromatic heterocycles. The van der Waals surface area contributed by atoms with Gasteiger partial charge in [-0.1, -0.05) is 37.0 Å². The van der Waals surface area contributed by atoms with Crippen molar-refractivity contribution < 1.29 is 0 Å². The van der Waals surface area contributed by atoms with E-state index in [2.05, 4.69) is 37.8 Å². The molecular weight excluding hydrogens is 168 g/mol. The SMILES string of the molecule is C=CC1=C(C)C2=C(C=CCC2)C=CC1. The predicted octanol–water partition coefficient (Wildman–Crippen LogP) is 4.10. The highest BCUT2D eigenvalue weighted by Crippen LogP contribution is 2.31. The average Bonchev–Trinajstić information content (AvgIpc) is 2.39.